The maximum atomic E-state index is 6.08. The number of fused-ring (bicyclic) bond motifs is 1. The number of ether oxygens (including phenoxy) is 1. The van der Waals surface area contributed by atoms with Crippen molar-refractivity contribution in [3.05, 3.63) is 33.9 Å². The molecule has 0 N–H and O–H groups in total. The molecule has 142 valence electrons. The minimum atomic E-state index is -0.189. The molecule has 0 bridgehead atoms. The van der Waals surface area contributed by atoms with E-state index in [0.717, 1.165) is 5.75 Å². The highest BCUT2D eigenvalue weighted by Crippen LogP contribution is 2.39. The van der Waals surface area contributed by atoms with Crippen LogP contribution < -0.4 is 4.74 Å². The lowest BCUT2D eigenvalue weighted by Crippen LogP contribution is -2.28. The summed E-state index contributed by atoms with van der Waals surface area (Å²) in [5.41, 5.74) is 6.40. The van der Waals surface area contributed by atoms with E-state index in [9.17, 15) is 0 Å². The SMILES string of the molecule is CC.CC.CC.CC.Cc1c(C)c(C)c2c(c1C)C=CC(C)(C)O2. The van der Waals surface area contributed by atoms with Gasteiger partial charge in [-0.3, -0.25) is 0 Å². The van der Waals surface area contributed by atoms with Crippen LogP contribution >= 0.6 is 0 Å². The first-order valence-electron chi connectivity index (χ1n) is 9.82. The minimum absolute atomic E-state index is 0.189. The fourth-order valence-electron chi connectivity index (χ4n) is 2.22. The molecular weight excluding hydrogens is 292 g/mol. The highest BCUT2D eigenvalue weighted by atomic mass is 16.5. The van der Waals surface area contributed by atoms with Crippen LogP contribution in [0.1, 0.15) is 97.1 Å². The standard InChI is InChI=1S/C15H20O.4C2H6/c1-9-10(2)12(4)14-13(11(9)3)7-8-15(5,6)16-14;4*1-2/h7-8H,1-6H3;4*1-2H3. The summed E-state index contributed by atoms with van der Waals surface area (Å²) in [6, 6.07) is 0. The van der Waals surface area contributed by atoms with Crippen molar-refractivity contribution in [3.63, 3.8) is 0 Å². The minimum Gasteiger partial charge on any atom is -0.483 e. The molecule has 0 radical (unpaired) electrons. The topological polar surface area (TPSA) is 9.23 Å². The molecule has 2 rings (SSSR count). The van der Waals surface area contributed by atoms with Crippen LogP contribution in [0.15, 0.2) is 6.08 Å². The largest absolute Gasteiger partial charge is 0.483 e. The molecule has 1 aromatic carbocycles. The van der Waals surface area contributed by atoms with Crippen molar-refractivity contribution in [1.29, 1.82) is 0 Å². The highest BCUT2D eigenvalue weighted by molar-refractivity contribution is 5.69. The van der Waals surface area contributed by atoms with Crippen molar-refractivity contribution >= 4 is 6.08 Å². The van der Waals surface area contributed by atoms with Gasteiger partial charge in [0.1, 0.15) is 11.4 Å². The Morgan fingerprint density at radius 3 is 1.42 bits per heavy atom. The van der Waals surface area contributed by atoms with E-state index in [1.165, 1.54) is 27.8 Å². The fraction of sp³-hybridized carbons (Fsp3) is 0.652. The molecule has 1 heterocycles. The van der Waals surface area contributed by atoms with Crippen molar-refractivity contribution in [3.8, 4) is 5.75 Å². The number of benzene rings is 1. The van der Waals surface area contributed by atoms with Crippen molar-refractivity contribution in [2.24, 2.45) is 0 Å². The van der Waals surface area contributed by atoms with Gasteiger partial charge in [0.05, 0.1) is 0 Å². The Hall–Kier alpha value is -1.24. The van der Waals surface area contributed by atoms with Crippen LogP contribution in [-0.4, -0.2) is 5.60 Å². The summed E-state index contributed by atoms with van der Waals surface area (Å²) in [7, 11) is 0. The van der Waals surface area contributed by atoms with Gasteiger partial charge in [0.2, 0.25) is 0 Å². The molecule has 1 aliphatic rings. The van der Waals surface area contributed by atoms with Crippen LogP contribution in [-0.2, 0) is 0 Å². The summed E-state index contributed by atoms with van der Waals surface area (Å²) in [6.45, 7) is 28.9. The Kier molecular flexibility index (Phi) is 16.3. The molecule has 0 amide bonds. The second-order valence-corrected chi connectivity index (χ2v) is 5.28. The van der Waals surface area contributed by atoms with E-state index >= 15 is 0 Å². The molecule has 0 unspecified atom stereocenters. The predicted octanol–water partition coefficient (Wildman–Crippen LogP) is 8.21. The van der Waals surface area contributed by atoms with Crippen molar-refractivity contribution in [2.75, 3.05) is 0 Å². The maximum Gasteiger partial charge on any atom is 0.131 e. The first-order valence-corrected chi connectivity index (χ1v) is 9.82. The summed E-state index contributed by atoms with van der Waals surface area (Å²) in [6.07, 6.45) is 4.34. The van der Waals surface area contributed by atoms with Crippen molar-refractivity contribution < 1.29 is 4.74 Å². The first kappa shape index (κ1) is 27.6. The van der Waals surface area contributed by atoms with Crippen LogP contribution in [0, 0.1) is 27.7 Å². The predicted molar refractivity (Wildman–Crippen MR) is 115 cm³/mol. The Morgan fingerprint density at radius 2 is 1.00 bits per heavy atom. The molecular formula is C23H44O. The van der Waals surface area contributed by atoms with E-state index in [2.05, 4.69) is 53.7 Å². The van der Waals surface area contributed by atoms with Crippen LogP contribution in [0.3, 0.4) is 0 Å². The van der Waals surface area contributed by atoms with E-state index in [1.807, 2.05) is 55.4 Å². The highest BCUT2D eigenvalue weighted by Gasteiger charge is 2.25. The normalized spacial score (nSPS) is 12.2. The van der Waals surface area contributed by atoms with Gasteiger partial charge in [-0.1, -0.05) is 61.5 Å². The molecule has 1 heteroatoms. The second kappa shape index (κ2) is 14.1. The Morgan fingerprint density at radius 1 is 0.625 bits per heavy atom. The quantitative estimate of drug-likeness (QED) is 0.463. The Bertz CT molecular complexity index is 480. The zero-order chi connectivity index (χ0) is 20.1. The Balaban J connectivity index is -0.000000484. The lowest BCUT2D eigenvalue weighted by molar-refractivity contribution is 0.157. The lowest BCUT2D eigenvalue weighted by atomic mass is 9.90. The number of hydrogen-bond acceptors (Lipinski definition) is 1. The number of hydrogen-bond donors (Lipinski definition) is 0. The average Bonchev–Trinajstić information content (AvgIpc) is 2.64. The average molecular weight is 337 g/mol. The molecule has 24 heavy (non-hydrogen) atoms. The smallest absolute Gasteiger partial charge is 0.131 e. The summed E-state index contributed by atoms with van der Waals surface area (Å²) >= 11 is 0. The van der Waals surface area contributed by atoms with Crippen molar-refractivity contribution in [2.45, 2.75) is 103 Å². The molecule has 1 aromatic rings. The number of rotatable bonds is 0. The monoisotopic (exact) mass is 336 g/mol. The molecule has 0 aromatic heterocycles. The molecule has 0 saturated carbocycles. The van der Waals surface area contributed by atoms with Gasteiger partial charge in [0.15, 0.2) is 0 Å². The van der Waals surface area contributed by atoms with Gasteiger partial charge in [-0.2, -0.15) is 0 Å². The molecule has 0 spiro atoms. The first-order chi connectivity index (χ1) is 11.3. The summed E-state index contributed by atoms with van der Waals surface area (Å²) in [5.74, 6) is 1.06. The lowest BCUT2D eigenvalue weighted by Gasteiger charge is -2.31. The fourth-order valence-corrected chi connectivity index (χ4v) is 2.22. The maximum absolute atomic E-state index is 6.08. The third-order valence-electron chi connectivity index (χ3n) is 3.69. The van der Waals surface area contributed by atoms with E-state index in [4.69, 9.17) is 4.74 Å². The molecule has 0 atom stereocenters. The Labute approximate surface area is 153 Å². The molecule has 1 aliphatic heterocycles. The molecule has 0 aliphatic carbocycles. The van der Waals surface area contributed by atoms with E-state index in [1.54, 1.807) is 0 Å². The van der Waals surface area contributed by atoms with Gasteiger partial charge in [-0.25, -0.2) is 0 Å². The third kappa shape index (κ3) is 7.11. The summed E-state index contributed by atoms with van der Waals surface area (Å²) in [5, 5.41) is 0. The molecule has 0 fully saturated rings. The zero-order valence-corrected chi connectivity index (χ0v) is 19.1. The van der Waals surface area contributed by atoms with Gasteiger partial charge in [0, 0.05) is 5.56 Å². The van der Waals surface area contributed by atoms with Gasteiger partial charge in [0.25, 0.3) is 0 Å². The van der Waals surface area contributed by atoms with Crippen LogP contribution in [0.5, 0.6) is 5.75 Å². The van der Waals surface area contributed by atoms with Gasteiger partial charge in [-0.15, -0.1) is 0 Å². The summed E-state index contributed by atoms with van der Waals surface area (Å²) < 4.78 is 6.08. The van der Waals surface area contributed by atoms with E-state index in [-0.39, 0.29) is 5.60 Å². The van der Waals surface area contributed by atoms with Gasteiger partial charge in [-0.05, 0) is 69.9 Å². The van der Waals surface area contributed by atoms with Gasteiger partial charge >= 0.3 is 0 Å². The molecule has 1 nitrogen and oxygen atoms in total. The third-order valence-corrected chi connectivity index (χ3v) is 3.69. The molecule has 0 saturated heterocycles. The van der Waals surface area contributed by atoms with Crippen LogP contribution in [0.25, 0.3) is 6.08 Å². The van der Waals surface area contributed by atoms with Crippen molar-refractivity contribution in [1.82, 2.24) is 0 Å². The van der Waals surface area contributed by atoms with Gasteiger partial charge < -0.3 is 4.74 Å². The zero-order valence-electron chi connectivity index (χ0n) is 19.1. The van der Waals surface area contributed by atoms with Crippen LogP contribution in [0.2, 0.25) is 0 Å². The second-order valence-electron chi connectivity index (χ2n) is 5.28. The summed E-state index contributed by atoms with van der Waals surface area (Å²) in [4.78, 5) is 0. The van der Waals surface area contributed by atoms with E-state index < -0.39 is 0 Å². The van der Waals surface area contributed by atoms with E-state index in [0.29, 0.717) is 0 Å². The van der Waals surface area contributed by atoms with Crippen LogP contribution in [0.4, 0.5) is 0 Å².